The minimum absolute atomic E-state index is 0.0131. The second-order valence-corrected chi connectivity index (χ2v) is 7.72. The zero-order chi connectivity index (χ0) is 17.2. The number of halogens is 1. The number of nitrogens with zero attached hydrogens (tertiary/aromatic N) is 3. The van der Waals surface area contributed by atoms with Gasteiger partial charge in [-0.3, -0.25) is 0 Å². The van der Waals surface area contributed by atoms with Crippen molar-refractivity contribution in [2.45, 2.75) is 23.8 Å². The van der Waals surface area contributed by atoms with Crippen LogP contribution in [0, 0.1) is 5.82 Å². The standard InChI is InChI=1S/C14H17FN4O3S2/c1-22-13-3-2-11(8-12(13)15)24(20,21)18-10-4-6-19(7-5-10)14-9-16-23-17-14/h2-3,8-10,18H,4-7H2,1H3. The predicted octanol–water partition coefficient (Wildman–Crippen LogP) is 1.63. The first-order valence-corrected chi connectivity index (χ1v) is 9.59. The average molecular weight is 372 g/mol. The molecule has 24 heavy (non-hydrogen) atoms. The van der Waals surface area contributed by atoms with Crippen LogP contribution >= 0.6 is 11.7 Å². The van der Waals surface area contributed by atoms with Gasteiger partial charge in [0.25, 0.3) is 0 Å². The highest BCUT2D eigenvalue weighted by atomic mass is 32.2. The smallest absolute Gasteiger partial charge is 0.240 e. The zero-order valence-corrected chi connectivity index (χ0v) is 14.6. The fraction of sp³-hybridized carbons (Fsp3) is 0.429. The molecule has 130 valence electrons. The molecule has 0 saturated carbocycles. The number of anilines is 1. The molecule has 0 amide bonds. The lowest BCUT2D eigenvalue weighted by molar-refractivity contribution is 0.385. The maximum Gasteiger partial charge on any atom is 0.240 e. The van der Waals surface area contributed by atoms with Gasteiger partial charge in [-0.15, -0.1) is 0 Å². The summed E-state index contributed by atoms with van der Waals surface area (Å²) in [6, 6.07) is 3.42. The van der Waals surface area contributed by atoms with Crippen molar-refractivity contribution in [2.24, 2.45) is 0 Å². The Morgan fingerprint density at radius 3 is 2.71 bits per heavy atom. The Labute approximate surface area is 143 Å². The molecular weight excluding hydrogens is 355 g/mol. The highest BCUT2D eigenvalue weighted by molar-refractivity contribution is 7.89. The summed E-state index contributed by atoms with van der Waals surface area (Å²) < 4.78 is 54.1. The van der Waals surface area contributed by atoms with Gasteiger partial charge in [-0.05, 0) is 31.0 Å². The van der Waals surface area contributed by atoms with Crippen LogP contribution in [-0.4, -0.2) is 43.4 Å². The van der Waals surface area contributed by atoms with Gasteiger partial charge in [0, 0.05) is 19.1 Å². The van der Waals surface area contributed by atoms with E-state index in [1.807, 2.05) is 0 Å². The van der Waals surface area contributed by atoms with Gasteiger partial charge < -0.3 is 9.64 Å². The van der Waals surface area contributed by atoms with Gasteiger partial charge in [-0.25, -0.2) is 17.5 Å². The van der Waals surface area contributed by atoms with E-state index in [1.165, 1.54) is 19.2 Å². The minimum Gasteiger partial charge on any atom is -0.494 e. The summed E-state index contributed by atoms with van der Waals surface area (Å²) in [5.41, 5.74) is 0. The number of rotatable bonds is 5. The first-order valence-electron chi connectivity index (χ1n) is 7.38. The molecule has 0 bridgehead atoms. The van der Waals surface area contributed by atoms with E-state index in [4.69, 9.17) is 4.74 Å². The quantitative estimate of drug-likeness (QED) is 0.859. The molecule has 0 aliphatic carbocycles. The first-order chi connectivity index (χ1) is 11.5. The van der Waals surface area contributed by atoms with E-state index in [-0.39, 0.29) is 16.7 Å². The third-order valence-corrected chi connectivity index (χ3v) is 5.91. The molecule has 0 spiro atoms. The van der Waals surface area contributed by atoms with Gasteiger partial charge in [-0.2, -0.15) is 8.75 Å². The summed E-state index contributed by atoms with van der Waals surface area (Å²) in [5.74, 6) is 0.129. The zero-order valence-electron chi connectivity index (χ0n) is 13.0. The van der Waals surface area contributed by atoms with Crippen molar-refractivity contribution in [1.29, 1.82) is 0 Å². The summed E-state index contributed by atoms with van der Waals surface area (Å²) in [7, 11) is -2.44. The number of hydrogen-bond donors (Lipinski definition) is 1. The van der Waals surface area contributed by atoms with E-state index >= 15 is 0 Å². The second-order valence-electron chi connectivity index (χ2n) is 5.44. The van der Waals surface area contributed by atoms with Crippen LogP contribution in [0.5, 0.6) is 5.75 Å². The van der Waals surface area contributed by atoms with Gasteiger partial charge >= 0.3 is 0 Å². The fourth-order valence-electron chi connectivity index (χ4n) is 2.63. The lowest BCUT2D eigenvalue weighted by Crippen LogP contribution is -2.44. The minimum atomic E-state index is -3.77. The highest BCUT2D eigenvalue weighted by Gasteiger charge is 2.26. The highest BCUT2D eigenvalue weighted by Crippen LogP contribution is 2.22. The van der Waals surface area contributed by atoms with E-state index in [1.54, 1.807) is 6.20 Å². The van der Waals surface area contributed by atoms with Gasteiger partial charge in [-0.1, -0.05) is 0 Å². The van der Waals surface area contributed by atoms with Crippen molar-refractivity contribution >= 4 is 27.6 Å². The number of ether oxygens (including phenoxy) is 1. The summed E-state index contributed by atoms with van der Waals surface area (Å²) in [5, 5.41) is 0. The number of benzene rings is 1. The van der Waals surface area contributed by atoms with Crippen LogP contribution in [0.2, 0.25) is 0 Å². The fourth-order valence-corrected chi connectivity index (χ4v) is 4.38. The average Bonchev–Trinajstić information content (AvgIpc) is 3.09. The molecule has 1 aromatic carbocycles. The van der Waals surface area contributed by atoms with Crippen molar-refractivity contribution < 1.29 is 17.5 Å². The van der Waals surface area contributed by atoms with Crippen molar-refractivity contribution in [2.75, 3.05) is 25.1 Å². The van der Waals surface area contributed by atoms with Crippen molar-refractivity contribution in [3.05, 3.63) is 30.2 Å². The molecule has 2 heterocycles. The lowest BCUT2D eigenvalue weighted by Gasteiger charge is -2.32. The molecule has 0 atom stereocenters. The van der Waals surface area contributed by atoms with Crippen molar-refractivity contribution in [3.63, 3.8) is 0 Å². The van der Waals surface area contributed by atoms with E-state index in [9.17, 15) is 12.8 Å². The molecule has 1 saturated heterocycles. The Morgan fingerprint density at radius 2 is 2.12 bits per heavy atom. The predicted molar refractivity (Wildman–Crippen MR) is 88.4 cm³/mol. The van der Waals surface area contributed by atoms with Crippen molar-refractivity contribution in [3.8, 4) is 5.75 Å². The van der Waals surface area contributed by atoms with E-state index in [0.717, 1.165) is 23.6 Å². The number of aromatic nitrogens is 2. The van der Waals surface area contributed by atoms with E-state index in [2.05, 4.69) is 18.4 Å². The SMILES string of the molecule is COc1ccc(S(=O)(=O)NC2CCN(c3cnsn3)CC2)cc1F. The molecular formula is C14H17FN4O3S2. The number of sulfonamides is 1. The van der Waals surface area contributed by atoms with Gasteiger partial charge in [0.05, 0.1) is 29.9 Å². The molecule has 10 heteroatoms. The van der Waals surface area contributed by atoms with Crippen molar-refractivity contribution in [1.82, 2.24) is 13.5 Å². The Bertz CT molecular complexity index is 790. The van der Waals surface area contributed by atoms with Crippen LogP contribution in [-0.2, 0) is 10.0 Å². The second kappa shape index (κ2) is 6.99. The van der Waals surface area contributed by atoms with Gasteiger partial charge in [0.2, 0.25) is 10.0 Å². The molecule has 7 nitrogen and oxygen atoms in total. The van der Waals surface area contributed by atoms with Crippen LogP contribution in [0.1, 0.15) is 12.8 Å². The Morgan fingerprint density at radius 1 is 1.38 bits per heavy atom. The molecule has 1 fully saturated rings. The molecule has 1 N–H and O–H groups in total. The molecule has 1 aliphatic rings. The summed E-state index contributed by atoms with van der Waals surface area (Å²) in [6.45, 7) is 1.38. The Balaban J connectivity index is 1.64. The monoisotopic (exact) mass is 372 g/mol. The molecule has 2 aromatic rings. The maximum atomic E-state index is 13.7. The number of hydrogen-bond acceptors (Lipinski definition) is 7. The molecule has 0 radical (unpaired) electrons. The summed E-state index contributed by atoms with van der Waals surface area (Å²) >= 11 is 1.15. The largest absolute Gasteiger partial charge is 0.494 e. The maximum absolute atomic E-state index is 13.7. The van der Waals surface area contributed by atoms with Crippen LogP contribution < -0.4 is 14.4 Å². The van der Waals surface area contributed by atoms with E-state index < -0.39 is 15.8 Å². The Kier molecular flexibility index (Phi) is 4.97. The molecule has 1 aromatic heterocycles. The normalized spacial score (nSPS) is 16.3. The van der Waals surface area contributed by atoms with Crippen LogP contribution in [0.25, 0.3) is 0 Å². The summed E-state index contributed by atoms with van der Waals surface area (Å²) in [4.78, 5) is 1.97. The molecule has 1 aliphatic heterocycles. The van der Waals surface area contributed by atoms with Crippen LogP contribution in [0.4, 0.5) is 10.2 Å². The number of methoxy groups -OCH3 is 1. The Hall–Kier alpha value is -1.78. The summed E-state index contributed by atoms with van der Waals surface area (Å²) in [6.07, 6.45) is 3.00. The topological polar surface area (TPSA) is 84.4 Å². The third kappa shape index (κ3) is 3.65. The first kappa shape index (κ1) is 17.1. The van der Waals surface area contributed by atoms with E-state index in [0.29, 0.717) is 25.9 Å². The number of piperidine rings is 1. The third-order valence-electron chi connectivity index (χ3n) is 3.92. The van der Waals surface area contributed by atoms with Crippen LogP contribution in [0.15, 0.2) is 29.3 Å². The van der Waals surface area contributed by atoms with Gasteiger partial charge in [0.15, 0.2) is 17.4 Å². The van der Waals surface area contributed by atoms with Crippen LogP contribution in [0.3, 0.4) is 0 Å². The number of nitrogens with one attached hydrogen (secondary N) is 1. The molecule has 3 rings (SSSR count). The lowest BCUT2D eigenvalue weighted by atomic mass is 10.1. The molecule has 0 unspecified atom stereocenters. The van der Waals surface area contributed by atoms with Gasteiger partial charge in [0.1, 0.15) is 0 Å².